The van der Waals surface area contributed by atoms with Crippen LogP contribution in [-0.2, 0) is 11.2 Å². The van der Waals surface area contributed by atoms with Crippen molar-refractivity contribution in [3.8, 4) is 0 Å². The molecule has 0 saturated carbocycles. The van der Waals surface area contributed by atoms with Gasteiger partial charge in [-0.15, -0.1) is 23.2 Å². The van der Waals surface area contributed by atoms with Crippen LogP contribution in [0.5, 0.6) is 0 Å². The Hall–Kier alpha value is -1.49. The summed E-state index contributed by atoms with van der Waals surface area (Å²) in [6.07, 6.45) is 0.485. The van der Waals surface area contributed by atoms with Gasteiger partial charge in [0.15, 0.2) is 0 Å². The van der Waals surface area contributed by atoms with Crippen LogP contribution < -0.4 is 10.6 Å². The molecule has 2 aromatic carbocycles. The van der Waals surface area contributed by atoms with Crippen LogP contribution in [0.25, 0.3) is 10.8 Å². The van der Waals surface area contributed by atoms with Crippen LogP contribution in [0.2, 0.25) is 0 Å². The average Bonchev–Trinajstić information content (AvgIpc) is 2.54. The second kappa shape index (κ2) is 9.11. The van der Waals surface area contributed by atoms with Gasteiger partial charge in [0.2, 0.25) is 0 Å². The topological polar surface area (TPSA) is 66.6 Å². The lowest BCUT2D eigenvalue weighted by molar-refractivity contribution is -0.137. The average molecular weight is 369 g/mol. The first-order valence-corrected chi connectivity index (χ1v) is 8.98. The van der Waals surface area contributed by atoms with Gasteiger partial charge in [-0.05, 0) is 23.4 Å². The molecule has 0 bridgehead atoms. The van der Waals surface area contributed by atoms with Crippen LogP contribution >= 0.6 is 23.2 Å². The van der Waals surface area contributed by atoms with Gasteiger partial charge in [0, 0.05) is 42.0 Å². The molecule has 0 aliphatic heterocycles. The number of hydrogen-bond donors (Lipinski definition) is 2. The summed E-state index contributed by atoms with van der Waals surface area (Å²) < 4.78 is 0. The molecule has 0 radical (unpaired) electrons. The number of nitrogens with two attached hydrogens (primary N) is 1. The van der Waals surface area contributed by atoms with Crippen molar-refractivity contribution in [2.75, 3.05) is 29.7 Å². The molecule has 2 aromatic rings. The summed E-state index contributed by atoms with van der Waals surface area (Å²) >= 11 is 11.8. The Balaban J connectivity index is 2.39. The second-order valence-corrected chi connectivity index (χ2v) is 6.47. The first-order chi connectivity index (χ1) is 11.6. The summed E-state index contributed by atoms with van der Waals surface area (Å²) in [5, 5.41) is 11.1. The molecule has 130 valence electrons. The predicted molar refractivity (Wildman–Crippen MR) is 102 cm³/mol. The molecule has 2 rings (SSSR count). The zero-order valence-electron chi connectivity index (χ0n) is 13.4. The number of halogens is 2. The number of aliphatic carboxylic acids is 1. The van der Waals surface area contributed by atoms with Crippen LogP contribution in [0.15, 0.2) is 36.4 Å². The molecule has 0 heterocycles. The summed E-state index contributed by atoms with van der Waals surface area (Å²) in [4.78, 5) is 13.0. The van der Waals surface area contributed by atoms with Gasteiger partial charge < -0.3 is 15.7 Å². The van der Waals surface area contributed by atoms with Gasteiger partial charge in [-0.3, -0.25) is 4.79 Å². The molecule has 0 aliphatic carbocycles. The van der Waals surface area contributed by atoms with E-state index in [-0.39, 0.29) is 6.42 Å². The number of hydrogen-bond acceptors (Lipinski definition) is 3. The molecular weight excluding hydrogens is 347 g/mol. The molecule has 0 saturated heterocycles. The van der Waals surface area contributed by atoms with Gasteiger partial charge >= 0.3 is 5.97 Å². The highest BCUT2D eigenvalue weighted by Gasteiger charge is 2.14. The Morgan fingerprint density at radius 3 is 2.33 bits per heavy atom. The highest BCUT2D eigenvalue weighted by Crippen LogP contribution is 2.29. The van der Waals surface area contributed by atoms with E-state index < -0.39 is 12.0 Å². The molecule has 3 N–H and O–H groups in total. The Morgan fingerprint density at radius 1 is 1.08 bits per heavy atom. The summed E-state index contributed by atoms with van der Waals surface area (Å²) in [6, 6.07) is 11.7. The lowest BCUT2D eigenvalue weighted by Gasteiger charge is -2.25. The lowest BCUT2D eigenvalue weighted by Crippen LogP contribution is -2.28. The fraction of sp³-hybridized carbons (Fsp3) is 0.389. The predicted octanol–water partition coefficient (Wildman–Crippen LogP) is 3.47. The highest BCUT2D eigenvalue weighted by molar-refractivity contribution is 6.18. The van der Waals surface area contributed by atoms with Gasteiger partial charge in [-0.2, -0.15) is 0 Å². The molecule has 0 spiro atoms. The van der Waals surface area contributed by atoms with E-state index in [4.69, 9.17) is 34.0 Å². The lowest BCUT2D eigenvalue weighted by atomic mass is 9.96. The maximum absolute atomic E-state index is 10.8. The molecular formula is C18H22Cl2N2O2. The number of alkyl halides is 2. The molecule has 0 aromatic heterocycles. The summed E-state index contributed by atoms with van der Waals surface area (Å²) in [6.45, 7) is 1.44. The summed E-state index contributed by atoms with van der Waals surface area (Å²) in [7, 11) is 0. The minimum Gasteiger partial charge on any atom is -0.481 e. The van der Waals surface area contributed by atoms with Gasteiger partial charge in [-0.25, -0.2) is 0 Å². The molecule has 4 nitrogen and oxygen atoms in total. The van der Waals surface area contributed by atoms with E-state index in [1.165, 1.54) is 0 Å². The second-order valence-electron chi connectivity index (χ2n) is 5.72. The van der Waals surface area contributed by atoms with Crippen molar-refractivity contribution >= 4 is 45.6 Å². The third-order valence-electron chi connectivity index (χ3n) is 3.96. The minimum absolute atomic E-state index is 0.0410. The Kier molecular flexibility index (Phi) is 7.16. The van der Waals surface area contributed by atoms with E-state index in [1.54, 1.807) is 0 Å². The van der Waals surface area contributed by atoms with Crippen LogP contribution in [0.3, 0.4) is 0 Å². The largest absolute Gasteiger partial charge is 0.481 e. The van der Waals surface area contributed by atoms with Crippen molar-refractivity contribution in [1.82, 2.24) is 0 Å². The number of fused-ring (bicyclic) bond motifs is 1. The van der Waals surface area contributed by atoms with Gasteiger partial charge in [0.05, 0.1) is 6.42 Å². The van der Waals surface area contributed by atoms with Crippen molar-refractivity contribution in [3.63, 3.8) is 0 Å². The van der Waals surface area contributed by atoms with Crippen LogP contribution in [0, 0.1) is 0 Å². The maximum Gasteiger partial charge on any atom is 0.304 e. The molecule has 0 aliphatic rings. The molecule has 6 heteroatoms. The quantitative estimate of drug-likeness (QED) is 0.665. The van der Waals surface area contributed by atoms with E-state index in [2.05, 4.69) is 17.0 Å². The van der Waals surface area contributed by atoms with Crippen molar-refractivity contribution in [1.29, 1.82) is 0 Å². The maximum atomic E-state index is 10.8. The molecule has 0 fully saturated rings. The number of anilines is 1. The van der Waals surface area contributed by atoms with E-state index in [0.717, 1.165) is 35.1 Å². The van der Waals surface area contributed by atoms with E-state index in [9.17, 15) is 4.79 Å². The molecule has 0 amide bonds. The van der Waals surface area contributed by atoms with Crippen molar-refractivity contribution in [3.05, 3.63) is 42.0 Å². The smallest absolute Gasteiger partial charge is 0.304 e. The van der Waals surface area contributed by atoms with E-state index in [0.29, 0.717) is 18.2 Å². The first kappa shape index (κ1) is 18.8. The molecule has 24 heavy (non-hydrogen) atoms. The third-order valence-corrected chi connectivity index (χ3v) is 4.30. The third kappa shape index (κ3) is 4.76. The first-order valence-electron chi connectivity index (χ1n) is 7.91. The van der Waals surface area contributed by atoms with Crippen molar-refractivity contribution in [2.45, 2.75) is 18.9 Å². The number of carbonyl (C=O) groups is 1. The zero-order chi connectivity index (χ0) is 17.5. The summed E-state index contributed by atoms with van der Waals surface area (Å²) in [5.74, 6) is 0.172. The zero-order valence-corrected chi connectivity index (χ0v) is 14.9. The van der Waals surface area contributed by atoms with Crippen molar-refractivity contribution < 1.29 is 9.90 Å². The normalized spacial score (nSPS) is 12.3. The van der Waals surface area contributed by atoms with E-state index in [1.807, 2.05) is 24.3 Å². The van der Waals surface area contributed by atoms with Crippen LogP contribution in [0.4, 0.5) is 5.69 Å². The number of nitrogens with zero attached hydrogens (tertiary/aromatic N) is 1. The SMILES string of the molecule is N[C@H](CC(=O)O)Cc1cccc2c(N(CCCl)CCCl)cccc12. The van der Waals surface area contributed by atoms with E-state index >= 15 is 0 Å². The fourth-order valence-corrected chi connectivity index (χ4v) is 3.36. The Bertz CT molecular complexity index is 688. The monoisotopic (exact) mass is 368 g/mol. The van der Waals surface area contributed by atoms with Crippen molar-refractivity contribution in [2.24, 2.45) is 5.73 Å². The number of benzene rings is 2. The molecule has 0 unspecified atom stereocenters. The molecule has 1 atom stereocenters. The van der Waals surface area contributed by atoms with Crippen LogP contribution in [0.1, 0.15) is 12.0 Å². The number of carboxylic acids is 1. The Labute approximate surface area is 152 Å². The Morgan fingerprint density at radius 2 is 1.71 bits per heavy atom. The summed E-state index contributed by atoms with van der Waals surface area (Å²) in [5.41, 5.74) is 8.11. The van der Waals surface area contributed by atoms with Gasteiger partial charge in [0.25, 0.3) is 0 Å². The van der Waals surface area contributed by atoms with Gasteiger partial charge in [-0.1, -0.05) is 30.3 Å². The van der Waals surface area contributed by atoms with Gasteiger partial charge in [0.1, 0.15) is 0 Å². The minimum atomic E-state index is -0.876. The standard InChI is InChI=1S/C18H22Cl2N2O2/c19-7-9-22(10-8-20)17-6-2-4-15-13(3-1-5-16(15)17)11-14(21)12-18(23)24/h1-6,14H,7-12,21H2,(H,23,24)/t14-/m0/s1. The van der Waals surface area contributed by atoms with Crippen LogP contribution in [-0.4, -0.2) is 42.0 Å². The fourth-order valence-electron chi connectivity index (χ4n) is 2.95. The number of carboxylic acid groups (broad SMARTS) is 1. The number of rotatable bonds is 9. The highest BCUT2D eigenvalue weighted by atomic mass is 35.5.